The summed E-state index contributed by atoms with van der Waals surface area (Å²) < 4.78 is 11.7. The third kappa shape index (κ3) is 5.51. The molecule has 0 aliphatic heterocycles. The molecule has 0 aliphatic rings. The second-order valence-corrected chi connectivity index (χ2v) is 6.04. The van der Waals surface area contributed by atoms with Crippen molar-refractivity contribution in [3.8, 4) is 0 Å². The van der Waals surface area contributed by atoms with Gasteiger partial charge in [0.15, 0.2) is 6.29 Å². The van der Waals surface area contributed by atoms with Gasteiger partial charge in [-0.1, -0.05) is 30.3 Å². The molecule has 0 unspecified atom stereocenters. The number of hydrogen-bond donors (Lipinski definition) is 2. The number of rotatable bonds is 6. The lowest BCUT2D eigenvalue weighted by molar-refractivity contribution is -0.928. The molecule has 0 aromatic heterocycles. The van der Waals surface area contributed by atoms with Crippen LogP contribution in [-0.2, 0) is 11.1 Å². The lowest BCUT2D eigenvalue weighted by Gasteiger charge is -2.36. The molecule has 0 bridgehead atoms. The van der Waals surface area contributed by atoms with Gasteiger partial charge in [-0.05, 0) is 13.8 Å². The summed E-state index contributed by atoms with van der Waals surface area (Å²) >= 11 is 0. The van der Waals surface area contributed by atoms with Gasteiger partial charge in [-0.25, -0.2) is 0 Å². The predicted octanol–water partition coefficient (Wildman–Crippen LogP) is -0.818. The van der Waals surface area contributed by atoms with Gasteiger partial charge in [0.2, 0.25) is 0 Å². The van der Waals surface area contributed by atoms with Crippen LogP contribution in [0.1, 0.15) is 19.4 Å². The van der Waals surface area contributed by atoms with Crippen LogP contribution in [0.4, 0.5) is 0 Å². The van der Waals surface area contributed by atoms with Gasteiger partial charge >= 0.3 is 7.60 Å². The molecule has 0 aliphatic carbocycles. The summed E-state index contributed by atoms with van der Waals surface area (Å²) in [5, 5.41) is 0. The maximum atomic E-state index is 11.2. The Bertz CT molecular complexity index is 390. The molecule has 0 spiro atoms. The Morgan fingerprint density at radius 2 is 1.61 bits per heavy atom. The van der Waals surface area contributed by atoms with Crippen LogP contribution in [0.2, 0.25) is 0 Å². The van der Waals surface area contributed by atoms with E-state index in [1.807, 2.05) is 44.2 Å². The molecule has 104 valence electrons. The van der Waals surface area contributed by atoms with Crippen molar-refractivity contribution in [3.05, 3.63) is 35.9 Å². The third-order valence-corrected chi connectivity index (χ3v) is 4.16. The van der Waals surface area contributed by atoms with Crippen molar-refractivity contribution in [1.82, 2.24) is 0 Å². The highest BCUT2D eigenvalue weighted by molar-refractivity contribution is 7.51. The van der Waals surface area contributed by atoms with E-state index in [1.165, 1.54) is 0 Å². The highest BCUT2D eigenvalue weighted by atomic mass is 35.5. The van der Waals surface area contributed by atoms with E-state index in [0.717, 1.165) is 18.7 Å². The third-order valence-electron chi connectivity index (χ3n) is 3.19. The van der Waals surface area contributed by atoms with E-state index in [0.29, 0.717) is 11.0 Å². The largest absolute Gasteiger partial charge is 1.00 e. The zero-order valence-corrected chi connectivity index (χ0v) is 12.4. The molecule has 0 atom stereocenters. The van der Waals surface area contributed by atoms with Gasteiger partial charge in [0.1, 0.15) is 6.54 Å². The first-order valence-corrected chi connectivity index (χ1v) is 7.64. The molecule has 6 heteroatoms. The van der Waals surface area contributed by atoms with Crippen LogP contribution in [-0.4, -0.2) is 33.6 Å². The number of benzene rings is 1. The monoisotopic (exact) mass is 293 g/mol. The van der Waals surface area contributed by atoms with E-state index >= 15 is 0 Å². The van der Waals surface area contributed by atoms with Gasteiger partial charge in [-0.3, -0.25) is 4.57 Å². The van der Waals surface area contributed by atoms with E-state index in [9.17, 15) is 14.4 Å². The molecule has 1 aromatic rings. The van der Waals surface area contributed by atoms with Crippen LogP contribution in [0.25, 0.3) is 0 Å². The van der Waals surface area contributed by atoms with Crippen LogP contribution < -0.4 is 12.4 Å². The Morgan fingerprint density at radius 1 is 1.11 bits per heavy atom. The Morgan fingerprint density at radius 3 is 2.00 bits per heavy atom. The van der Waals surface area contributed by atoms with Crippen LogP contribution >= 0.6 is 7.60 Å². The minimum absolute atomic E-state index is 0. The molecule has 2 N–H and O–H groups in total. The molecule has 0 radical (unpaired) electrons. The lowest BCUT2D eigenvalue weighted by atomic mass is 10.2. The van der Waals surface area contributed by atoms with Gasteiger partial charge in [0.05, 0.1) is 13.1 Å². The maximum Gasteiger partial charge on any atom is 0.379 e. The van der Waals surface area contributed by atoms with Crippen molar-refractivity contribution < 1.29 is 31.2 Å². The summed E-state index contributed by atoms with van der Waals surface area (Å²) in [4.78, 5) is 18.4. The van der Waals surface area contributed by atoms with E-state index < -0.39 is 7.60 Å². The molecule has 0 heterocycles. The average Bonchev–Trinajstić information content (AvgIpc) is 2.27. The molecule has 1 aromatic carbocycles. The van der Waals surface area contributed by atoms with E-state index in [-0.39, 0.29) is 18.7 Å². The predicted molar refractivity (Wildman–Crippen MR) is 68.4 cm³/mol. The summed E-state index contributed by atoms with van der Waals surface area (Å²) in [6.07, 6.45) is -0.0884. The Kier molecular flexibility index (Phi) is 7.11. The van der Waals surface area contributed by atoms with E-state index in [4.69, 9.17) is 0 Å². The standard InChI is InChI=1S/C12H20NO3P.ClH/c1-3-13(4-2,11-17(14,15)16)10-12-8-6-5-7-9-12;/h5-9H,3-4,10-11H2,1-2H3,(H-,14,15,16);1H. The van der Waals surface area contributed by atoms with Crippen molar-refractivity contribution in [2.24, 2.45) is 0 Å². The van der Waals surface area contributed by atoms with Crippen LogP contribution in [0.5, 0.6) is 0 Å². The fourth-order valence-electron chi connectivity index (χ4n) is 2.06. The Balaban J connectivity index is 0.00000289. The fourth-order valence-corrected chi connectivity index (χ4v) is 3.34. The molecule has 0 saturated heterocycles. The first kappa shape index (κ1) is 17.6. The molecule has 0 fully saturated rings. The number of nitrogens with zero attached hydrogens (tertiary/aromatic N) is 1. The highest BCUT2D eigenvalue weighted by Gasteiger charge is 2.32. The maximum absolute atomic E-state index is 11.2. The normalized spacial score (nSPS) is 12.0. The van der Waals surface area contributed by atoms with Gasteiger partial charge < -0.3 is 26.7 Å². The van der Waals surface area contributed by atoms with E-state index in [2.05, 4.69) is 0 Å². The topological polar surface area (TPSA) is 57.5 Å². The summed E-state index contributed by atoms with van der Waals surface area (Å²) in [5.74, 6) is 0. The van der Waals surface area contributed by atoms with Gasteiger partial charge in [-0.15, -0.1) is 0 Å². The molecule has 0 saturated carbocycles. The summed E-state index contributed by atoms with van der Waals surface area (Å²) in [5.41, 5.74) is 1.12. The van der Waals surface area contributed by atoms with Crippen LogP contribution in [0.15, 0.2) is 30.3 Å². The first-order chi connectivity index (χ1) is 7.91. The second kappa shape index (κ2) is 7.27. The molecule has 1 rings (SSSR count). The smallest absolute Gasteiger partial charge is 0.379 e. The zero-order valence-electron chi connectivity index (χ0n) is 10.8. The minimum atomic E-state index is -3.99. The van der Waals surface area contributed by atoms with Crippen molar-refractivity contribution in [1.29, 1.82) is 0 Å². The highest BCUT2D eigenvalue weighted by Crippen LogP contribution is 2.39. The lowest BCUT2D eigenvalue weighted by Crippen LogP contribution is -3.00. The zero-order chi connectivity index (χ0) is 12.9. The summed E-state index contributed by atoms with van der Waals surface area (Å²) in [6, 6.07) is 9.84. The Labute approximate surface area is 115 Å². The van der Waals surface area contributed by atoms with Crippen LogP contribution in [0.3, 0.4) is 0 Å². The second-order valence-electron chi connectivity index (χ2n) is 4.42. The van der Waals surface area contributed by atoms with Crippen molar-refractivity contribution in [2.75, 3.05) is 19.4 Å². The summed E-state index contributed by atoms with van der Waals surface area (Å²) in [6.45, 7) is 6.05. The molecule has 0 amide bonds. The molecule has 4 nitrogen and oxygen atoms in total. The first-order valence-electron chi connectivity index (χ1n) is 5.84. The Hall–Kier alpha value is -0.380. The van der Waals surface area contributed by atoms with Crippen molar-refractivity contribution in [2.45, 2.75) is 20.4 Å². The fraction of sp³-hybridized carbons (Fsp3) is 0.500. The van der Waals surface area contributed by atoms with Crippen LogP contribution in [0, 0.1) is 0 Å². The SMILES string of the molecule is CC[N+](CC)(Cc1ccccc1)CP(=O)(O)O.[Cl-]. The molecular weight excluding hydrogens is 273 g/mol. The van der Waals surface area contributed by atoms with Crippen molar-refractivity contribution in [3.63, 3.8) is 0 Å². The van der Waals surface area contributed by atoms with E-state index in [1.54, 1.807) is 0 Å². The molecule has 18 heavy (non-hydrogen) atoms. The minimum Gasteiger partial charge on any atom is -1.00 e. The number of hydrogen-bond acceptors (Lipinski definition) is 1. The van der Waals surface area contributed by atoms with Gasteiger partial charge in [0.25, 0.3) is 0 Å². The van der Waals surface area contributed by atoms with Crippen molar-refractivity contribution >= 4 is 7.60 Å². The number of halogens is 1. The van der Waals surface area contributed by atoms with Gasteiger partial charge in [0, 0.05) is 5.56 Å². The average molecular weight is 294 g/mol. The summed E-state index contributed by atoms with van der Waals surface area (Å²) in [7, 11) is -3.99. The quantitative estimate of drug-likeness (QED) is 0.532. The van der Waals surface area contributed by atoms with Gasteiger partial charge in [-0.2, -0.15) is 0 Å². The molecular formula is C12H21ClNO3P. The number of quaternary nitrogens is 1.